The van der Waals surface area contributed by atoms with Crippen LogP contribution in [0.2, 0.25) is 0 Å². The number of hydrogen-bond acceptors (Lipinski definition) is 10. The van der Waals surface area contributed by atoms with Crippen LogP contribution in [0.5, 0.6) is 5.75 Å². The van der Waals surface area contributed by atoms with Crippen molar-refractivity contribution < 1.29 is 15.3 Å². The van der Waals surface area contributed by atoms with Gasteiger partial charge in [0.25, 0.3) is 0 Å². The minimum absolute atomic E-state index is 0.00854. The molecule has 0 aromatic heterocycles. The minimum atomic E-state index is 0.00854. The maximum Gasteiger partial charge on any atom is 0.115 e. The van der Waals surface area contributed by atoms with Crippen molar-refractivity contribution >= 4 is 5.69 Å². The van der Waals surface area contributed by atoms with Crippen LogP contribution >= 0.6 is 0 Å². The van der Waals surface area contributed by atoms with Crippen molar-refractivity contribution in [3.8, 4) is 5.75 Å². The van der Waals surface area contributed by atoms with E-state index in [2.05, 4.69) is 225 Å². The lowest BCUT2D eigenvalue weighted by atomic mass is 9.66. The van der Waals surface area contributed by atoms with E-state index in [0.29, 0.717) is 85.3 Å². The summed E-state index contributed by atoms with van der Waals surface area (Å²) in [6, 6.07) is 18.8. The van der Waals surface area contributed by atoms with E-state index in [1.807, 2.05) is 24.3 Å². The van der Waals surface area contributed by atoms with Crippen molar-refractivity contribution in [3.05, 3.63) is 59.7 Å². The quantitative estimate of drug-likeness (QED) is 0.121. The highest BCUT2D eigenvalue weighted by Gasteiger charge is 2.56. The summed E-state index contributed by atoms with van der Waals surface area (Å²) in [5.41, 5.74) is 41.9. The molecule has 10 nitrogen and oxygen atoms in total. The first kappa shape index (κ1) is 90.8. The first-order valence-corrected chi connectivity index (χ1v) is 39.2. The van der Waals surface area contributed by atoms with Crippen LogP contribution in [0.25, 0.3) is 0 Å². The van der Waals surface area contributed by atoms with Gasteiger partial charge in [-0.1, -0.05) is 218 Å². The van der Waals surface area contributed by atoms with E-state index in [-0.39, 0.29) is 23.0 Å². The monoisotopic (exact) mass is 1360 g/mol. The first-order valence-electron chi connectivity index (χ1n) is 39.2. The molecule has 8 atom stereocenters. The smallest absolute Gasteiger partial charge is 0.115 e. The summed E-state index contributed by atoms with van der Waals surface area (Å²) in [5, 5.41) is 30.5. The van der Waals surface area contributed by atoms with E-state index in [9.17, 15) is 0 Å². The summed E-state index contributed by atoms with van der Waals surface area (Å²) in [4.78, 5) is 0. The summed E-state index contributed by atoms with van der Waals surface area (Å²) >= 11 is 0. The third-order valence-corrected chi connectivity index (χ3v) is 23.0. The number of phenolic OH excluding ortho intramolecular Hbond substituents is 1. The SMILES string of the molecule is CC(C)(C)C1CC(N)C1.CC(C)(C)C1CC(O)C1.CC(C)(C)C1CC1N.CC(C)(C)C1CC1O.CC(C)(C)C1CC2C(N)C2C1.CC(C)(C)C1CCC(N)CC1.CC(C)(C)NC1CC1.CC(C)(C)[C@@H]1CCC[C@H](N)C1.CC(C)(C)c1ccc(N)cc1.CC(C)(C)c1ccc(O)cc1. The fourth-order valence-electron chi connectivity index (χ4n) is 14.4. The molecule has 9 saturated carbocycles. The molecule has 9 fully saturated rings. The third-order valence-electron chi connectivity index (χ3n) is 23.0. The topological polar surface area (TPSA) is 229 Å². The lowest BCUT2D eigenvalue weighted by Gasteiger charge is -2.41. The molecular formula is C87H167N7O3. The summed E-state index contributed by atoms with van der Waals surface area (Å²) < 4.78 is 0. The van der Waals surface area contributed by atoms with E-state index in [0.717, 1.165) is 78.3 Å². The van der Waals surface area contributed by atoms with Gasteiger partial charge in [-0.2, -0.15) is 0 Å². The van der Waals surface area contributed by atoms with Crippen LogP contribution in [0.3, 0.4) is 0 Å². The highest BCUT2D eigenvalue weighted by Crippen LogP contribution is 2.57. The van der Waals surface area contributed by atoms with Gasteiger partial charge >= 0.3 is 0 Å². The molecular weight excluding hydrogens is 1190 g/mol. The number of rotatable bonds is 1. The molecule has 2 aromatic carbocycles. The number of aliphatic hydroxyl groups is 2. The molecule has 0 aliphatic heterocycles. The Kier molecular flexibility index (Phi) is 34.6. The van der Waals surface area contributed by atoms with Gasteiger partial charge in [-0.25, -0.2) is 0 Å². The predicted molar refractivity (Wildman–Crippen MR) is 426 cm³/mol. The highest BCUT2D eigenvalue weighted by molar-refractivity contribution is 5.41. The number of nitrogen functional groups attached to an aromatic ring is 1. The molecule has 9 aliphatic carbocycles. The lowest BCUT2D eigenvalue weighted by molar-refractivity contribution is -0.00927. The van der Waals surface area contributed by atoms with E-state index < -0.39 is 0 Å². The molecule has 0 spiro atoms. The van der Waals surface area contributed by atoms with E-state index in [4.69, 9.17) is 49.7 Å². The van der Waals surface area contributed by atoms with Gasteiger partial charge < -0.3 is 55.0 Å². The molecule has 568 valence electrons. The number of aliphatic hydroxyl groups excluding tert-OH is 2. The molecule has 9 aliphatic rings. The van der Waals surface area contributed by atoms with Crippen molar-refractivity contribution in [2.24, 2.45) is 120 Å². The second-order valence-electron chi connectivity index (χ2n) is 42.9. The number of anilines is 1. The van der Waals surface area contributed by atoms with Gasteiger partial charge in [0.05, 0.1) is 12.2 Å². The molecule has 6 unspecified atom stereocenters. The molecule has 10 heteroatoms. The van der Waals surface area contributed by atoms with Crippen molar-refractivity contribution in [1.82, 2.24) is 5.32 Å². The molecule has 11 rings (SSSR count). The van der Waals surface area contributed by atoms with Crippen molar-refractivity contribution in [2.75, 3.05) is 5.73 Å². The van der Waals surface area contributed by atoms with E-state index >= 15 is 0 Å². The van der Waals surface area contributed by atoms with Crippen LogP contribution in [0.15, 0.2) is 48.5 Å². The van der Waals surface area contributed by atoms with Gasteiger partial charge in [0.1, 0.15) is 5.75 Å². The molecule has 97 heavy (non-hydrogen) atoms. The van der Waals surface area contributed by atoms with Crippen LogP contribution in [0, 0.1) is 91.2 Å². The molecule has 2 aromatic rings. The number of aromatic hydroxyl groups is 1. The van der Waals surface area contributed by atoms with Gasteiger partial charge in [-0.3, -0.25) is 0 Å². The van der Waals surface area contributed by atoms with Crippen LogP contribution in [-0.4, -0.2) is 69.3 Å². The van der Waals surface area contributed by atoms with Crippen molar-refractivity contribution in [1.29, 1.82) is 0 Å². The van der Waals surface area contributed by atoms with Gasteiger partial charge in [0.2, 0.25) is 0 Å². The second-order valence-corrected chi connectivity index (χ2v) is 42.9. The average molecular weight is 1360 g/mol. The molecule has 0 radical (unpaired) electrons. The highest BCUT2D eigenvalue weighted by atomic mass is 16.3. The molecule has 0 heterocycles. The number of phenols is 1. The minimum Gasteiger partial charge on any atom is -0.508 e. The van der Waals surface area contributed by atoms with Crippen LogP contribution in [0.4, 0.5) is 5.69 Å². The Hall–Kier alpha value is -2.28. The van der Waals surface area contributed by atoms with E-state index in [1.54, 1.807) is 12.1 Å². The van der Waals surface area contributed by atoms with Crippen LogP contribution in [0.1, 0.15) is 334 Å². The first-order chi connectivity index (χ1) is 43.6. The Morgan fingerprint density at radius 1 is 0.351 bits per heavy atom. The van der Waals surface area contributed by atoms with Crippen molar-refractivity contribution in [2.45, 2.75) is 388 Å². The number of fused-ring (bicyclic) bond motifs is 1. The number of nitrogens with two attached hydrogens (primary N) is 6. The predicted octanol–water partition coefficient (Wildman–Crippen LogP) is 20.3. The molecule has 0 amide bonds. The third kappa shape index (κ3) is 37.1. The van der Waals surface area contributed by atoms with Crippen LogP contribution < -0.4 is 39.7 Å². The standard InChI is InChI=1S/C10H19N.C10H21N.C10H15N.C10H21N.C10H14O.C8H17N.C8H16O.2C7H15N.C7H14O/c1-10(2,3)6-4-7-8(5-6)9(7)11;2*1-10(2,3)8-4-6-9(11)7-5-8;1-10(2,3)8-5-4-6-9(11)7-8;1-10(2,3)8-4-6-9(11)7-5-8;2*1-8(2,3)6-4-7(9)5-6;1-7(2,3)8-6-4-5-6;2*1-7(2,3)5-4-6(5)8/h6-9H,4-5,11H2,1-3H3;8-9H,4-7,11H2,1-3H3;4-7H,11H2,1-3H3;8-9H,4-7,11H2,1-3H3;4-7,11H,1-3H3;6-7H,4-5,9H2,1-3H3;6-7,9H,4-5H2,1-3H3;6,8H,4-5H2,1-3H3;5-6H,4,8H2,1-3H3;5-6,8H,4H2,1-3H3/t;;;8-,9+;;;;;;/m...1....../s1. The fourth-order valence-corrected chi connectivity index (χ4v) is 14.4. The molecule has 0 saturated heterocycles. The Labute approximate surface area is 602 Å². The zero-order valence-electron chi connectivity index (χ0n) is 69.5. The largest absolute Gasteiger partial charge is 0.508 e. The number of benzene rings is 2. The van der Waals surface area contributed by atoms with Crippen LogP contribution in [-0.2, 0) is 10.8 Å². The Bertz CT molecular complexity index is 2320. The van der Waals surface area contributed by atoms with Gasteiger partial charge in [-0.05, 0) is 267 Å². The Morgan fingerprint density at radius 3 is 0.928 bits per heavy atom. The Morgan fingerprint density at radius 2 is 0.701 bits per heavy atom. The number of nitrogens with one attached hydrogen (secondary N) is 1. The zero-order chi connectivity index (χ0) is 75.2. The van der Waals surface area contributed by atoms with Gasteiger partial charge in [0.15, 0.2) is 0 Å². The Balaban J connectivity index is 0.000000368. The summed E-state index contributed by atoms with van der Waals surface area (Å²) in [6.07, 6.45) is 22.7. The van der Waals surface area contributed by atoms with Gasteiger partial charge in [-0.15, -0.1) is 0 Å². The molecule has 0 bridgehead atoms. The molecule has 16 N–H and O–H groups in total. The average Bonchev–Trinajstić information content (AvgIpc) is 1.59. The normalized spacial score (nSPS) is 30.5. The fraction of sp³-hybridized carbons (Fsp3) is 0.862. The number of hydrogen-bond donors (Lipinski definition) is 10. The van der Waals surface area contributed by atoms with Crippen molar-refractivity contribution in [3.63, 3.8) is 0 Å². The lowest BCUT2D eigenvalue weighted by Crippen LogP contribution is -2.42. The second kappa shape index (κ2) is 36.9. The zero-order valence-corrected chi connectivity index (χ0v) is 69.5. The summed E-state index contributed by atoms with van der Waals surface area (Å²) in [7, 11) is 0. The summed E-state index contributed by atoms with van der Waals surface area (Å²) in [5.74, 6) is 7.84. The van der Waals surface area contributed by atoms with E-state index in [1.165, 1.54) is 107 Å². The summed E-state index contributed by atoms with van der Waals surface area (Å²) in [6.45, 7) is 67.6. The maximum atomic E-state index is 9.02. The maximum absolute atomic E-state index is 9.02. The van der Waals surface area contributed by atoms with Gasteiger partial charge in [0, 0.05) is 47.5 Å².